The summed E-state index contributed by atoms with van der Waals surface area (Å²) in [6.45, 7) is 1.94. The standard InChI is InChI=1S/C13H19FN2O2S/c1-9-11(14)5-3-7-13(9)19(17,18)16-12-6-2-4-10(12)8-15/h3,5,7,10,12,16H,2,4,6,8,15H2,1H3/t10-,12-/m0/s1. The summed E-state index contributed by atoms with van der Waals surface area (Å²) >= 11 is 0. The fourth-order valence-corrected chi connectivity index (χ4v) is 4.21. The van der Waals surface area contributed by atoms with Crippen LogP contribution in [0.1, 0.15) is 24.8 Å². The lowest BCUT2D eigenvalue weighted by Gasteiger charge is -2.20. The van der Waals surface area contributed by atoms with Gasteiger partial charge in [-0.25, -0.2) is 17.5 Å². The van der Waals surface area contributed by atoms with E-state index in [2.05, 4.69) is 4.72 Å². The van der Waals surface area contributed by atoms with Crippen molar-refractivity contribution in [2.24, 2.45) is 11.7 Å². The van der Waals surface area contributed by atoms with Crippen molar-refractivity contribution in [3.05, 3.63) is 29.6 Å². The van der Waals surface area contributed by atoms with Gasteiger partial charge in [-0.15, -0.1) is 0 Å². The number of halogens is 1. The summed E-state index contributed by atoms with van der Waals surface area (Å²) in [7, 11) is -3.69. The molecule has 0 bridgehead atoms. The number of sulfonamides is 1. The molecule has 2 rings (SSSR count). The Bertz CT molecular complexity index is 560. The van der Waals surface area contributed by atoms with E-state index in [9.17, 15) is 12.8 Å². The molecule has 106 valence electrons. The summed E-state index contributed by atoms with van der Waals surface area (Å²) in [5.74, 6) is -0.340. The number of rotatable bonds is 4. The van der Waals surface area contributed by atoms with Crippen molar-refractivity contribution in [2.45, 2.75) is 37.1 Å². The molecule has 6 heteroatoms. The van der Waals surface area contributed by atoms with Gasteiger partial charge in [0.2, 0.25) is 10.0 Å². The van der Waals surface area contributed by atoms with Gasteiger partial charge in [-0.1, -0.05) is 12.5 Å². The second-order valence-corrected chi connectivity index (χ2v) is 6.70. The van der Waals surface area contributed by atoms with Crippen molar-refractivity contribution in [1.29, 1.82) is 0 Å². The molecule has 0 heterocycles. The molecule has 1 aromatic rings. The second-order valence-electron chi connectivity index (χ2n) is 5.02. The molecule has 0 amide bonds. The van der Waals surface area contributed by atoms with Crippen molar-refractivity contribution < 1.29 is 12.8 Å². The lowest BCUT2D eigenvalue weighted by atomic mass is 10.1. The van der Waals surface area contributed by atoms with Gasteiger partial charge in [0.25, 0.3) is 0 Å². The second kappa shape index (κ2) is 5.56. The third-order valence-corrected chi connectivity index (χ3v) is 5.41. The number of hydrogen-bond acceptors (Lipinski definition) is 3. The normalized spacial score (nSPS) is 23.7. The van der Waals surface area contributed by atoms with Crippen LogP contribution in [0, 0.1) is 18.7 Å². The van der Waals surface area contributed by atoms with Crippen LogP contribution in [0.5, 0.6) is 0 Å². The summed E-state index contributed by atoms with van der Waals surface area (Å²) < 4.78 is 40.7. The van der Waals surface area contributed by atoms with Crippen LogP contribution < -0.4 is 10.5 Å². The third-order valence-electron chi connectivity index (χ3n) is 3.78. The van der Waals surface area contributed by atoms with Crippen molar-refractivity contribution in [2.75, 3.05) is 6.54 Å². The van der Waals surface area contributed by atoms with Crippen LogP contribution in [0.4, 0.5) is 4.39 Å². The van der Waals surface area contributed by atoms with Crippen LogP contribution in [0.25, 0.3) is 0 Å². The predicted molar refractivity (Wildman–Crippen MR) is 71.6 cm³/mol. The maximum atomic E-state index is 13.5. The van der Waals surface area contributed by atoms with Gasteiger partial charge in [0, 0.05) is 11.6 Å². The molecular weight excluding hydrogens is 267 g/mol. The molecule has 1 aliphatic rings. The van der Waals surface area contributed by atoms with Gasteiger partial charge >= 0.3 is 0 Å². The highest BCUT2D eigenvalue weighted by atomic mass is 32.2. The van der Waals surface area contributed by atoms with E-state index < -0.39 is 15.8 Å². The van der Waals surface area contributed by atoms with Crippen LogP contribution >= 0.6 is 0 Å². The SMILES string of the molecule is Cc1c(F)cccc1S(=O)(=O)N[C@H]1CCC[C@H]1CN. The summed E-state index contributed by atoms with van der Waals surface area (Å²) in [5.41, 5.74) is 5.79. The highest BCUT2D eigenvalue weighted by Gasteiger charge is 2.31. The molecule has 19 heavy (non-hydrogen) atoms. The Morgan fingerprint density at radius 1 is 1.42 bits per heavy atom. The highest BCUT2D eigenvalue weighted by Crippen LogP contribution is 2.27. The molecule has 4 nitrogen and oxygen atoms in total. The van der Waals surface area contributed by atoms with E-state index in [4.69, 9.17) is 5.73 Å². The van der Waals surface area contributed by atoms with E-state index in [1.54, 1.807) is 0 Å². The van der Waals surface area contributed by atoms with E-state index in [0.717, 1.165) is 19.3 Å². The zero-order valence-electron chi connectivity index (χ0n) is 10.9. The van der Waals surface area contributed by atoms with Crippen LogP contribution in [0.15, 0.2) is 23.1 Å². The van der Waals surface area contributed by atoms with Gasteiger partial charge in [0.15, 0.2) is 0 Å². The zero-order chi connectivity index (χ0) is 14.0. The van der Waals surface area contributed by atoms with E-state index in [-0.39, 0.29) is 22.4 Å². The molecular formula is C13H19FN2O2S. The lowest BCUT2D eigenvalue weighted by molar-refractivity contribution is 0.452. The van der Waals surface area contributed by atoms with E-state index in [1.807, 2.05) is 0 Å². The first-order valence-electron chi connectivity index (χ1n) is 6.43. The van der Waals surface area contributed by atoms with Gasteiger partial charge in [0.05, 0.1) is 4.90 Å². The van der Waals surface area contributed by atoms with Gasteiger partial charge < -0.3 is 5.73 Å². The molecule has 3 N–H and O–H groups in total. The first-order chi connectivity index (χ1) is 8.95. The number of hydrogen-bond donors (Lipinski definition) is 2. The molecule has 1 aromatic carbocycles. The Labute approximate surface area is 113 Å². The van der Waals surface area contributed by atoms with Crippen LogP contribution in [-0.2, 0) is 10.0 Å². The van der Waals surface area contributed by atoms with Crippen molar-refractivity contribution >= 4 is 10.0 Å². The minimum absolute atomic E-state index is 0.00942. The van der Waals surface area contributed by atoms with Gasteiger partial charge in [0.1, 0.15) is 5.82 Å². The van der Waals surface area contributed by atoms with Gasteiger partial charge in [-0.2, -0.15) is 0 Å². The Morgan fingerprint density at radius 2 is 2.16 bits per heavy atom. The monoisotopic (exact) mass is 286 g/mol. The predicted octanol–water partition coefficient (Wildman–Crippen LogP) is 1.54. The summed E-state index contributed by atoms with van der Waals surface area (Å²) in [4.78, 5) is 0.00942. The first-order valence-corrected chi connectivity index (χ1v) is 7.91. The van der Waals surface area contributed by atoms with Crippen LogP contribution in [0.3, 0.4) is 0 Å². The Hall–Kier alpha value is -0.980. The smallest absolute Gasteiger partial charge is 0.241 e. The minimum Gasteiger partial charge on any atom is -0.330 e. The van der Waals surface area contributed by atoms with Crippen molar-refractivity contribution in [3.63, 3.8) is 0 Å². The molecule has 0 unspecified atom stereocenters. The lowest BCUT2D eigenvalue weighted by Crippen LogP contribution is -2.40. The maximum absolute atomic E-state index is 13.5. The Kier molecular flexibility index (Phi) is 4.23. The molecule has 0 radical (unpaired) electrons. The molecule has 0 aliphatic heterocycles. The molecule has 1 aliphatic carbocycles. The third kappa shape index (κ3) is 2.96. The molecule has 0 spiro atoms. The van der Waals surface area contributed by atoms with Crippen LogP contribution in [0.2, 0.25) is 0 Å². The molecule has 2 atom stereocenters. The van der Waals surface area contributed by atoms with Gasteiger partial charge in [-0.05, 0) is 44.4 Å². The minimum atomic E-state index is -3.69. The van der Waals surface area contributed by atoms with E-state index in [1.165, 1.54) is 25.1 Å². The number of nitrogens with one attached hydrogen (secondary N) is 1. The molecule has 1 saturated carbocycles. The topological polar surface area (TPSA) is 72.2 Å². The molecule has 1 fully saturated rings. The Morgan fingerprint density at radius 3 is 2.84 bits per heavy atom. The van der Waals surface area contributed by atoms with E-state index >= 15 is 0 Å². The fraction of sp³-hybridized carbons (Fsp3) is 0.538. The van der Waals surface area contributed by atoms with Gasteiger partial charge in [-0.3, -0.25) is 0 Å². The molecule has 0 saturated heterocycles. The number of nitrogens with two attached hydrogens (primary N) is 1. The number of benzene rings is 1. The zero-order valence-corrected chi connectivity index (χ0v) is 11.7. The van der Waals surface area contributed by atoms with Crippen LogP contribution in [-0.4, -0.2) is 21.0 Å². The van der Waals surface area contributed by atoms with Crippen molar-refractivity contribution in [1.82, 2.24) is 4.72 Å². The van der Waals surface area contributed by atoms with Crippen molar-refractivity contribution in [3.8, 4) is 0 Å². The fourth-order valence-electron chi connectivity index (χ4n) is 2.62. The molecule has 0 aromatic heterocycles. The summed E-state index contributed by atoms with van der Waals surface area (Å²) in [5, 5.41) is 0. The first kappa shape index (κ1) is 14.4. The summed E-state index contributed by atoms with van der Waals surface area (Å²) in [6, 6.07) is 3.95. The average Bonchev–Trinajstić information content (AvgIpc) is 2.78. The largest absolute Gasteiger partial charge is 0.330 e. The highest BCUT2D eigenvalue weighted by molar-refractivity contribution is 7.89. The average molecular weight is 286 g/mol. The summed E-state index contributed by atoms with van der Waals surface area (Å²) in [6.07, 6.45) is 2.69. The van der Waals surface area contributed by atoms with E-state index in [0.29, 0.717) is 6.54 Å². The Balaban J connectivity index is 2.25. The quantitative estimate of drug-likeness (QED) is 0.882. The maximum Gasteiger partial charge on any atom is 0.241 e.